The highest BCUT2D eigenvalue weighted by atomic mass is 35.5. The highest BCUT2D eigenvalue weighted by Crippen LogP contribution is 2.06. The summed E-state index contributed by atoms with van der Waals surface area (Å²) in [5.41, 5.74) is 0. The van der Waals surface area contributed by atoms with E-state index in [1.54, 1.807) is 0 Å². The van der Waals surface area contributed by atoms with Crippen molar-refractivity contribution in [1.82, 2.24) is 0 Å². The highest BCUT2D eigenvalue weighted by molar-refractivity contribution is 6.40. The maximum atomic E-state index is 10.5. The van der Waals surface area contributed by atoms with Gasteiger partial charge in [-0.15, -0.1) is 23.2 Å². The minimum absolute atomic E-state index is 0.0255. The van der Waals surface area contributed by atoms with Gasteiger partial charge in [0.2, 0.25) is 0 Å². The lowest BCUT2D eigenvalue weighted by Crippen LogP contribution is -2.00. The van der Waals surface area contributed by atoms with E-state index in [-0.39, 0.29) is 11.3 Å². The lowest BCUT2D eigenvalue weighted by atomic mass is 10.2. The fourth-order valence-electron chi connectivity index (χ4n) is 0.806. The molecular formula is C7H12Cl2O2. The van der Waals surface area contributed by atoms with Crippen LogP contribution in [0.5, 0.6) is 0 Å². The molecule has 4 heteroatoms. The minimum atomic E-state index is -0.0255. The van der Waals surface area contributed by atoms with Gasteiger partial charge < -0.3 is 4.74 Å². The molecule has 0 spiro atoms. The molecule has 0 saturated carbocycles. The minimum Gasteiger partial charge on any atom is -0.466 e. The summed E-state index contributed by atoms with van der Waals surface area (Å²) in [5, 5.41) is 0.194. The van der Waals surface area contributed by atoms with E-state index in [0.717, 1.165) is 19.3 Å². The molecule has 1 rings (SSSR count). The second-order valence-electron chi connectivity index (χ2n) is 2.13. The van der Waals surface area contributed by atoms with E-state index in [1.807, 2.05) is 0 Å². The van der Waals surface area contributed by atoms with Crippen molar-refractivity contribution in [2.75, 3.05) is 11.9 Å². The fourth-order valence-corrected chi connectivity index (χ4v) is 0.806. The molecule has 11 heavy (non-hydrogen) atoms. The topological polar surface area (TPSA) is 26.3 Å². The predicted octanol–water partition coefficient (Wildman–Crippen LogP) is 2.53. The van der Waals surface area contributed by atoms with Crippen LogP contribution >= 0.6 is 23.2 Å². The van der Waals surface area contributed by atoms with Gasteiger partial charge in [-0.2, -0.15) is 0 Å². The van der Waals surface area contributed by atoms with Gasteiger partial charge in [-0.25, -0.2) is 0 Å². The Balaban J connectivity index is 0.000000292. The van der Waals surface area contributed by atoms with Crippen LogP contribution in [0.25, 0.3) is 0 Å². The van der Waals surface area contributed by atoms with Crippen LogP contribution < -0.4 is 0 Å². The Morgan fingerprint density at radius 3 is 2.55 bits per heavy atom. The van der Waals surface area contributed by atoms with Gasteiger partial charge >= 0.3 is 5.97 Å². The number of esters is 1. The monoisotopic (exact) mass is 198 g/mol. The van der Waals surface area contributed by atoms with Gasteiger partial charge in [-0.1, -0.05) is 0 Å². The second kappa shape index (κ2) is 8.15. The van der Waals surface area contributed by atoms with Crippen LogP contribution in [0.1, 0.15) is 25.7 Å². The van der Waals surface area contributed by atoms with Crippen molar-refractivity contribution < 1.29 is 9.53 Å². The smallest absolute Gasteiger partial charge is 0.305 e. The molecule has 0 bridgehead atoms. The Hall–Kier alpha value is 0.0500. The molecule has 1 fully saturated rings. The Morgan fingerprint density at radius 2 is 1.91 bits per heavy atom. The first-order valence-corrected chi connectivity index (χ1v) is 4.65. The number of carbonyl (C=O) groups excluding carboxylic acids is 1. The summed E-state index contributed by atoms with van der Waals surface area (Å²) in [5.74, 6) is -0.0255. The molecule has 0 amide bonds. The molecule has 0 aromatic carbocycles. The van der Waals surface area contributed by atoms with E-state index >= 15 is 0 Å². The van der Waals surface area contributed by atoms with Crippen LogP contribution in [0.2, 0.25) is 0 Å². The Morgan fingerprint density at radius 1 is 1.27 bits per heavy atom. The van der Waals surface area contributed by atoms with Crippen molar-refractivity contribution in [2.24, 2.45) is 0 Å². The van der Waals surface area contributed by atoms with Crippen LogP contribution in [0.15, 0.2) is 0 Å². The first kappa shape index (κ1) is 11.1. The molecule has 0 unspecified atom stereocenters. The van der Waals surface area contributed by atoms with E-state index in [4.69, 9.17) is 27.9 Å². The molecule has 66 valence electrons. The van der Waals surface area contributed by atoms with Gasteiger partial charge in [0.05, 0.1) is 11.9 Å². The molecule has 0 atom stereocenters. The van der Waals surface area contributed by atoms with Crippen LogP contribution in [0.4, 0.5) is 0 Å². The molecule has 0 aromatic heterocycles. The Labute approximate surface area is 76.8 Å². The number of halogens is 2. The normalized spacial score (nSPS) is 17.5. The first-order valence-electron chi connectivity index (χ1n) is 3.58. The second-order valence-corrected chi connectivity index (χ2v) is 2.94. The molecule has 0 N–H and O–H groups in total. The quantitative estimate of drug-likeness (QED) is 0.442. The first-order chi connectivity index (χ1) is 5.31. The molecule has 1 heterocycles. The van der Waals surface area contributed by atoms with Gasteiger partial charge in [0.1, 0.15) is 0 Å². The molecule has 0 radical (unpaired) electrons. The summed E-state index contributed by atoms with van der Waals surface area (Å²) in [7, 11) is 0. The molecule has 0 aliphatic carbocycles. The Kier molecular flexibility index (Phi) is 8.19. The van der Waals surface area contributed by atoms with Crippen LogP contribution in [-0.4, -0.2) is 17.9 Å². The average Bonchev–Trinajstić information content (AvgIpc) is 2.18. The van der Waals surface area contributed by atoms with Crippen LogP contribution in [-0.2, 0) is 9.53 Å². The lowest BCUT2D eigenvalue weighted by molar-refractivity contribution is -0.142. The average molecular weight is 199 g/mol. The zero-order chi connectivity index (χ0) is 8.53. The van der Waals surface area contributed by atoms with Crippen LogP contribution in [0.3, 0.4) is 0 Å². The number of carbonyl (C=O) groups is 1. The van der Waals surface area contributed by atoms with Gasteiger partial charge in [-0.3, -0.25) is 4.79 Å². The summed E-state index contributed by atoms with van der Waals surface area (Å²) in [6.07, 6.45) is 3.83. The summed E-state index contributed by atoms with van der Waals surface area (Å²) in [6.45, 7) is 0.638. The molecule has 1 aliphatic heterocycles. The molecule has 0 aromatic rings. The summed E-state index contributed by atoms with van der Waals surface area (Å²) < 4.78 is 4.76. The van der Waals surface area contributed by atoms with Crippen molar-refractivity contribution in [3.63, 3.8) is 0 Å². The zero-order valence-corrected chi connectivity index (χ0v) is 7.83. The van der Waals surface area contributed by atoms with E-state index < -0.39 is 0 Å². The third-order valence-corrected chi connectivity index (χ3v) is 1.29. The molecule has 1 aliphatic rings. The van der Waals surface area contributed by atoms with Crippen molar-refractivity contribution in [3.05, 3.63) is 0 Å². The maximum Gasteiger partial charge on any atom is 0.305 e. The standard InChI is InChI=1S/C6H10O2.CH2Cl2/c7-6-4-2-1-3-5-8-6;2-1-3/h1-5H2;1H2. The molecule has 2 nitrogen and oxygen atoms in total. The van der Waals surface area contributed by atoms with E-state index in [9.17, 15) is 4.79 Å². The fraction of sp³-hybridized carbons (Fsp3) is 0.857. The largest absolute Gasteiger partial charge is 0.466 e. The predicted molar refractivity (Wildman–Crippen MR) is 46.0 cm³/mol. The summed E-state index contributed by atoms with van der Waals surface area (Å²) in [6, 6.07) is 0. The third-order valence-electron chi connectivity index (χ3n) is 1.29. The summed E-state index contributed by atoms with van der Waals surface area (Å²) in [4.78, 5) is 10.5. The van der Waals surface area contributed by atoms with E-state index in [0.29, 0.717) is 13.0 Å². The number of hydrogen-bond donors (Lipinski definition) is 0. The summed E-state index contributed by atoms with van der Waals surface area (Å²) >= 11 is 9.53. The van der Waals surface area contributed by atoms with Crippen molar-refractivity contribution >= 4 is 29.2 Å². The van der Waals surface area contributed by atoms with Crippen molar-refractivity contribution in [3.8, 4) is 0 Å². The lowest BCUT2D eigenvalue weighted by Gasteiger charge is -1.93. The maximum absolute atomic E-state index is 10.5. The van der Waals surface area contributed by atoms with Crippen LogP contribution in [0, 0.1) is 0 Å². The van der Waals surface area contributed by atoms with E-state index in [1.165, 1.54) is 0 Å². The van der Waals surface area contributed by atoms with Gasteiger partial charge in [0.15, 0.2) is 0 Å². The van der Waals surface area contributed by atoms with Gasteiger partial charge in [0.25, 0.3) is 0 Å². The number of rotatable bonds is 0. The van der Waals surface area contributed by atoms with Gasteiger partial charge in [0, 0.05) is 6.42 Å². The Bertz CT molecular complexity index is 96.6. The number of ether oxygens (including phenoxy) is 1. The molecule has 1 saturated heterocycles. The molecular weight excluding hydrogens is 187 g/mol. The van der Waals surface area contributed by atoms with Crippen molar-refractivity contribution in [2.45, 2.75) is 25.7 Å². The number of hydrogen-bond acceptors (Lipinski definition) is 2. The zero-order valence-electron chi connectivity index (χ0n) is 6.32. The highest BCUT2D eigenvalue weighted by Gasteiger charge is 2.05. The van der Waals surface area contributed by atoms with Crippen molar-refractivity contribution in [1.29, 1.82) is 0 Å². The SMILES string of the molecule is ClCCl.O=C1CCCCCO1. The number of alkyl halides is 2. The third kappa shape index (κ3) is 7.95. The number of cyclic esters (lactones) is 1. The van der Waals surface area contributed by atoms with E-state index in [2.05, 4.69) is 0 Å². The van der Waals surface area contributed by atoms with Gasteiger partial charge in [-0.05, 0) is 19.3 Å².